The normalized spacial score (nSPS) is 14.5. The third kappa shape index (κ3) is 7.29. The quantitative estimate of drug-likeness (QED) is 0.189. The number of alkyl halides is 4. The summed E-state index contributed by atoms with van der Waals surface area (Å²) in [6, 6.07) is 22.8. The van der Waals surface area contributed by atoms with Gasteiger partial charge in [0.2, 0.25) is 0 Å². The summed E-state index contributed by atoms with van der Waals surface area (Å²) in [4.78, 5) is 18.1. The highest BCUT2D eigenvalue weighted by molar-refractivity contribution is 5.98. The van der Waals surface area contributed by atoms with E-state index in [1.807, 2.05) is 54.6 Å². The SMILES string of the molecule is O=C(NC(Cc1cccc(OC(F)(F)C(F)F)c1)C(O)c1ccc(-c2ccccc2)nc1)c1cccc2c1C=CCCC2. The first-order valence-electron chi connectivity index (χ1n) is 13.9. The summed E-state index contributed by atoms with van der Waals surface area (Å²) in [5, 5.41) is 14.4. The number of hydrogen-bond donors (Lipinski definition) is 2. The molecular formula is C34H30F4N2O3. The van der Waals surface area contributed by atoms with E-state index in [1.54, 1.807) is 24.3 Å². The van der Waals surface area contributed by atoms with Crippen LogP contribution in [0, 0.1) is 0 Å². The Morgan fingerprint density at radius 1 is 1.00 bits per heavy atom. The smallest absolute Gasteiger partial charge is 0.428 e. The average Bonchev–Trinajstić information content (AvgIpc) is 3.26. The van der Waals surface area contributed by atoms with Gasteiger partial charge in [-0.25, -0.2) is 0 Å². The Balaban J connectivity index is 1.44. The topological polar surface area (TPSA) is 71.5 Å². The molecule has 1 aromatic heterocycles. The Kier molecular flexibility index (Phi) is 9.21. The van der Waals surface area contributed by atoms with Gasteiger partial charge in [0.05, 0.1) is 11.7 Å². The van der Waals surface area contributed by atoms with Gasteiger partial charge in [-0.3, -0.25) is 9.78 Å². The number of benzene rings is 3. The Morgan fingerprint density at radius 2 is 1.79 bits per heavy atom. The van der Waals surface area contributed by atoms with Gasteiger partial charge in [0.1, 0.15) is 11.9 Å². The van der Waals surface area contributed by atoms with Gasteiger partial charge in [0, 0.05) is 22.9 Å². The van der Waals surface area contributed by atoms with Gasteiger partial charge in [-0.2, -0.15) is 17.6 Å². The lowest BCUT2D eigenvalue weighted by molar-refractivity contribution is -0.253. The third-order valence-corrected chi connectivity index (χ3v) is 7.30. The molecule has 0 spiro atoms. The molecule has 0 radical (unpaired) electrons. The zero-order valence-electron chi connectivity index (χ0n) is 23.1. The van der Waals surface area contributed by atoms with E-state index in [1.165, 1.54) is 18.3 Å². The Labute approximate surface area is 246 Å². The molecule has 9 heteroatoms. The van der Waals surface area contributed by atoms with Crippen molar-refractivity contribution in [2.45, 2.75) is 50.4 Å². The van der Waals surface area contributed by atoms with E-state index in [4.69, 9.17) is 0 Å². The Hall–Kier alpha value is -4.50. The van der Waals surface area contributed by atoms with Crippen molar-refractivity contribution in [2.75, 3.05) is 0 Å². The van der Waals surface area contributed by atoms with Crippen LogP contribution in [0.1, 0.15) is 51.6 Å². The maximum Gasteiger partial charge on any atom is 0.461 e. The highest BCUT2D eigenvalue weighted by Gasteiger charge is 2.44. The van der Waals surface area contributed by atoms with Crippen molar-refractivity contribution in [1.29, 1.82) is 0 Å². The number of halogens is 4. The van der Waals surface area contributed by atoms with Gasteiger partial charge in [0.25, 0.3) is 5.91 Å². The number of allylic oxidation sites excluding steroid dienone is 1. The van der Waals surface area contributed by atoms with Crippen LogP contribution in [0.15, 0.2) is 97.2 Å². The van der Waals surface area contributed by atoms with Crippen LogP contribution in [0.4, 0.5) is 17.6 Å². The molecule has 222 valence electrons. The number of carbonyl (C=O) groups is 1. The zero-order valence-corrected chi connectivity index (χ0v) is 23.1. The highest BCUT2D eigenvalue weighted by atomic mass is 19.3. The van der Waals surface area contributed by atoms with Crippen LogP contribution >= 0.6 is 0 Å². The van der Waals surface area contributed by atoms with Crippen molar-refractivity contribution < 1.29 is 32.2 Å². The van der Waals surface area contributed by atoms with Crippen LogP contribution in [0.2, 0.25) is 0 Å². The second-order valence-electron chi connectivity index (χ2n) is 10.4. The minimum absolute atomic E-state index is 0.0182. The van der Waals surface area contributed by atoms with Crippen molar-refractivity contribution in [1.82, 2.24) is 10.3 Å². The van der Waals surface area contributed by atoms with Gasteiger partial charge in [-0.15, -0.1) is 0 Å². The number of nitrogens with one attached hydrogen (secondary N) is 1. The number of nitrogens with zero attached hydrogens (tertiary/aromatic N) is 1. The lowest BCUT2D eigenvalue weighted by Crippen LogP contribution is -2.41. The molecule has 0 saturated heterocycles. The maximum absolute atomic E-state index is 13.7. The molecule has 0 bridgehead atoms. The molecule has 0 aliphatic heterocycles. The molecular weight excluding hydrogens is 560 g/mol. The summed E-state index contributed by atoms with van der Waals surface area (Å²) in [6.45, 7) is 0. The van der Waals surface area contributed by atoms with E-state index in [2.05, 4.69) is 15.0 Å². The fourth-order valence-corrected chi connectivity index (χ4v) is 5.11. The highest BCUT2D eigenvalue weighted by Crippen LogP contribution is 2.30. The van der Waals surface area contributed by atoms with E-state index in [9.17, 15) is 27.5 Å². The predicted molar refractivity (Wildman–Crippen MR) is 156 cm³/mol. The molecule has 5 rings (SSSR count). The van der Waals surface area contributed by atoms with Crippen LogP contribution in [0.3, 0.4) is 0 Å². The molecule has 5 nitrogen and oxygen atoms in total. The Bertz CT molecular complexity index is 1580. The molecule has 0 saturated carbocycles. The predicted octanol–water partition coefficient (Wildman–Crippen LogP) is 7.41. The third-order valence-electron chi connectivity index (χ3n) is 7.30. The molecule has 1 aliphatic carbocycles. The fourth-order valence-electron chi connectivity index (χ4n) is 5.11. The number of ether oxygens (including phenoxy) is 1. The first-order chi connectivity index (χ1) is 20.7. The van der Waals surface area contributed by atoms with Crippen molar-refractivity contribution >= 4 is 12.0 Å². The van der Waals surface area contributed by atoms with Crippen molar-refractivity contribution in [3.8, 4) is 17.0 Å². The second kappa shape index (κ2) is 13.2. The molecule has 43 heavy (non-hydrogen) atoms. The molecule has 2 N–H and O–H groups in total. The first-order valence-corrected chi connectivity index (χ1v) is 13.9. The van der Waals surface area contributed by atoms with Crippen LogP contribution in [-0.2, 0) is 12.8 Å². The molecule has 1 heterocycles. The number of aliphatic hydroxyl groups excluding tert-OH is 1. The number of amides is 1. The summed E-state index contributed by atoms with van der Waals surface area (Å²) in [7, 11) is 0. The van der Waals surface area contributed by atoms with Gasteiger partial charge in [0.15, 0.2) is 0 Å². The number of hydrogen-bond acceptors (Lipinski definition) is 4. The summed E-state index contributed by atoms with van der Waals surface area (Å²) in [5.74, 6) is -0.882. The standard InChI is InChI=1S/C34H30F4N2O3/c35-33(36)34(37,38)43-26-14-7-9-22(19-26)20-30(31(41)25-17-18-29(39-21-25)24-11-4-1-5-12-24)40-32(42)28-16-8-13-23-10-3-2-6-15-27(23)28/h1,4-9,11-19,21,30-31,33,41H,2-3,10,20H2,(H,40,42). The molecule has 2 atom stereocenters. The van der Waals surface area contributed by atoms with Crippen molar-refractivity contribution in [3.05, 3.63) is 125 Å². The molecule has 4 aromatic rings. The van der Waals surface area contributed by atoms with Crippen LogP contribution in [-0.4, -0.2) is 34.6 Å². The summed E-state index contributed by atoms with van der Waals surface area (Å²) in [6.07, 6.45) is -1.79. The van der Waals surface area contributed by atoms with E-state index in [0.717, 1.165) is 42.0 Å². The van der Waals surface area contributed by atoms with Crippen LogP contribution < -0.4 is 10.1 Å². The van der Waals surface area contributed by atoms with Crippen LogP contribution in [0.25, 0.3) is 17.3 Å². The number of aliphatic hydroxyl groups is 1. The van der Waals surface area contributed by atoms with Crippen molar-refractivity contribution in [2.24, 2.45) is 0 Å². The minimum atomic E-state index is -4.67. The molecule has 1 amide bonds. The van der Waals surface area contributed by atoms with E-state index >= 15 is 0 Å². The van der Waals surface area contributed by atoms with Gasteiger partial charge in [-0.05, 0) is 66.6 Å². The van der Waals surface area contributed by atoms with Crippen LogP contribution in [0.5, 0.6) is 5.75 Å². The monoisotopic (exact) mass is 590 g/mol. The van der Waals surface area contributed by atoms with E-state index in [-0.39, 0.29) is 6.42 Å². The number of aromatic nitrogens is 1. The molecule has 1 aliphatic rings. The summed E-state index contributed by atoms with van der Waals surface area (Å²) >= 11 is 0. The summed E-state index contributed by atoms with van der Waals surface area (Å²) < 4.78 is 56.9. The lowest BCUT2D eigenvalue weighted by Gasteiger charge is -2.26. The number of carbonyl (C=O) groups excluding carboxylic acids is 1. The van der Waals surface area contributed by atoms with E-state index in [0.29, 0.717) is 22.4 Å². The molecule has 2 unspecified atom stereocenters. The number of pyridine rings is 1. The largest absolute Gasteiger partial charge is 0.461 e. The van der Waals surface area contributed by atoms with Gasteiger partial charge >= 0.3 is 12.5 Å². The number of fused-ring (bicyclic) bond motifs is 1. The van der Waals surface area contributed by atoms with E-state index < -0.39 is 36.3 Å². The minimum Gasteiger partial charge on any atom is -0.428 e. The lowest BCUT2D eigenvalue weighted by atomic mass is 9.94. The number of rotatable bonds is 10. The fraction of sp³-hybridized carbons (Fsp3) is 0.235. The van der Waals surface area contributed by atoms with Gasteiger partial charge < -0.3 is 15.2 Å². The number of aryl methyl sites for hydroxylation is 1. The zero-order chi connectivity index (χ0) is 30.4. The van der Waals surface area contributed by atoms with Gasteiger partial charge in [-0.1, -0.05) is 72.8 Å². The Morgan fingerprint density at radius 3 is 2.53 bits per heavy atom. The maximum atomic E-state index is 13.7. The first kappa shape index (κ1) is 30.0. The average molecular weight is 591 g/mol. The summed E-state index contributed by atoms with van der Waals surface area (Å²) in [5.41, 5.74) is 4.69. The molecule has 3 aromatic carbocycles. The second-order valence-corrected chi connectivity index (χ2v) is 10.4. The molecule has 0 fully saturated rings. The van der Waals surface area contributed by atoms with Crippen molar-refractivity contribution in [3.63, 3.8) is 0 Å².